The first kappa shape index (κ1) is 26.6. The molecule has 4 aromatic rings. The van der Waals surface area contributed by atoms with Crippen LogP contribution in [0.15, 0.2) is 78.9 Å². The number of nitrogens with zero attached hydrogens (tertiary/aromatic N) is 1. The van der Waals surface area contributed by atoms with Gasteiger partial charge in [-0.05, 0) is 47.0 Å². The van der Waals surface area contributed by atoms with E-state index in [2.05, 4.69) is 4.98 Å². The standard InChI is InChI=1S/C27H19F5N2O4/c28-21-13-22(29)25(38-23(26(35)36)18-7-2-8-19(11-18)27(30,31)32)34-24(21)37-20-9-3-6-17(12-20)16-5-1-4-15(10-16)14-33/h1-13,23H,14,33H2,(H,35,36). The number of rotatable bonds is 8. The second-order valence-corrected chi connectivity index (χ2v) is 8.06. The number of hydrogen-bond acceptors (Lipinski definition) is 5. The maximum absolute atomic E-state index is 14.5. The van der Waals surface area contributed by atoms with Gasteiger partial charge in [-0.25, -0.2) is 13.6 Å². The molecule has 1 atom stereocenters. The molecular weight excluding hydrogens is 511 g/mol. The molecule has 6 nitrogen and oxygen atoms in total. The van der Waals surface area contributed by atoms with E-state index in [4.69, 9.17) is 15.2 Å². The summed E-state index contributed by atoms with van der Waals surface area (Å²) in [5, 5.41) is 9.54. The van der Waals surface area contributed by atoms with Crippen LogP contribution in [0.3, 0.4) is 0 Å². The van der Waals surface area contributed by atoms with E-state index in [1.54, 1.807) is 18.2 Å². The van der Waals surface area contributed by atoms with Gasteiger partial charge in [0.1, 0.15) is 5.75 Å². The van der Waals surface area contributed by atoms with Crippen molar-refractivity contribution in [3.63, 3.8) is 0 Å². The lowest BCUT2D eigenvalue weighted by atomic mass is 10.0. The van der Waals surface area contributed by atoms with Crippen LogP contribution < -0.4 is 15.2 Å². The number of alkyl halides is 3. The number of nitrogens with two attached hydrogens (primary N) is 1. The Morgan fingerprint density at radius 1 is 0.895 bits per heavy atom. The summed E-state index contributed by atoms with van der Waals surface area (Å²) >= 11 is 0. The van der Waals surface area contributed by atoms with Gasteiger partial charge >= 0.3 is 12.1 Å². The van der Waals surface area contributed by atoms with Crippen LogP contribution in [0.25, 0.3) is 11.1 Å². The molecule has 0 fully saturated rings. The summed E-state index contributed by atoms with van der Waals surface area (Å²) in [5.74, 6) is -5.89. The summed E-state index contributed by atoms with van der Waals surface area (Å²) in [6.07, 6.45) is -6.82. The van der Waals surface area contributed by atoms with Crippen LogP contribution in [-0.2, 0) is 17.5 Å². The highest BCUT2D eigenvalue weighted by atomic mass is 19.4. The molecule has 1 heterocycles. The minimum absolute atomic E-state index is 0.122. The lowest BCUT2D eigenvalue weighted by molar-refractivity contribution is -0.146. The number of hydrogen-bond donors (Lipinski definition) is 2. The van der Waals surface area contributed by atoms with E-state index in [0.717, 1.165) is 29.3 Å². The van der Waals surface area contributed by atoms with Crippen molar-refractivity contribution in [2.24, 2.45) is 5.73 Å². The molecule has 1 unspecified atom stereocenters. The van der Waals surface area contributed by atoms with Crippen LogP contribution in [-0.4, -0.2) is 16.1 Å². The van der Waals surface area contributed by atoms with Crippen molar-refractivity contribution in [3.05, 3.63) is 107 Å². The molecule has 0 bridgehead atoms. The number of carbonyl (C=O) groups is 1. The number of carboxylic acids is 1. The van der Waals surface area contributed by atoms with Crippen molar-refractivity contribution in [3.8, 4) is 28.6 Å². The molecule has 1 aromatic heterocycles. The van der Waals surface area contributed by atoms with Crippen LogP contribution in [0.5, 0.6) is 17.5 Å². The molecule has 0 aliphatic rings. The van der Waals surface area contributed by atoms with E-state index in [9.17, 15) is 31.9 Å². The zero-order chi connectivity index (χ0) is 27.4. The molecule has 0 saturated carbocycles. The van der Waals surface area contributed by atoms with E-state index in [0.29, 0.717) is 24.2 Å². The third-order valence-electron chi connectivity index (χ3n) is 5.38. The summed E-state index contributed by atoms with van der Waals surface area (Å²) < 4.78 is 78.8. The zero-order valence-electron chi connectivity index (χ0n) is 19.4. The molecule has 3 aromatic carbocycles. The van der Waals surface area contributed by atoms with Gasteiger partial charge in [0.25, 0.3) is 11.8 Å². The van der Waals surface area contributed by atoms with E-state index in [1.807, 2.05) is 24.3 Å². The molecule has 0 radical (unpaired) electrons. The quantitative estimate of drug-likeness (QED) is 0.253. The average Bonchev–Trinajstić information content (AvgIpc) is 2.89. The molecule has 0 aliphatic carbocycles. The highest BCUT2D eigenvalue weighted by molar-refractivity contribution is 5.75. The number of aliphatic carboxylic acids is 1. The molecular formula is C27H19F5N2O4. The Morgan fingerprint density at radius 3 is 2.24 bits per heavy atom. The van der Waals surface area contributed by atoms with E-state index in [1.165, 1.54) is 6.07 Å². The lowest BCUT2D eigenvalue weighted by Crippen LogP contribution is -2.20. The van der Waals surface area contributed by atoms with Gasteiger partial charge in [-0.3, -0.25) is 0 Å². The molecule has 0 aliphatic heterocycles. The van der Waals surface area contributed by atoms with Gasteiger partial charge in [0.15, 0.2) is 11.6 Å². The van der Waals surface area contributed by atoms with Gasteiger partial charge < -0.3 is 20.3 Å². The third kappa shape index (κ3) is 6.06. The van der Waals surface area contributed by atoms with Crippen molar-refractivity contribution in [1.29, 1.82) is 0 Å². The Labute approximate surface area is 213 Å². The first-order valence-electron chi connectivity index (χ1n) is 11.0. The normalized spacial score (nSPS) is 12.2. The molecule has 11 heteroatoms. The Balaban J connectivity index is 1.63. The predicted octanol–water partition coefficient (Wildman–Crippen LogP) is 6.50. The number of benzene rings is 3. The lowest BCUT2D eigenvalue weighted by Gasteiger charge is -2.17. The molecule has 4 rings (SSSR count). The van der Waals surface area contributed by atoms with Crippen LogP contribution >= 0.6 is 0 Å². The maximum Gasteiger partial charge on any atom is 0.416 e. The number of pyridine rings is 1. The number of carboxylic acid groups (broad SMARTS) is 1. The highest BCUT2D eigenvalue weighted by Crippen LogP contribution is 2.34. The highest BCUT2D eigenvalue weighted by Gasteiger charge is 2.33. The molecule has 0 spiro atoms. The minimum atomic E-state index is -4.75. The van der Waals surface area contributed by atoms with Crippen LogP contribution in [0.4, 0.5) is 22.0 Å². The summed E-state index contributed by atoms with van der Waals surface area (Å²) in [4.78, 5) is 15.4. The third-order valence-corrected chi connectivity index (χ3v) is 5.38. The van der Waals surface area contributed by atoms with Crippen molar-refractivity contribution < 1.29 is 41.3 Å². The Kier molecular flexibility index (Phi) is 7.58. The smallest absolute Gasteiger partial charge is 0.416 e. The Morgan fingerprint density at radius 2 is 1.55 bits per heavy atom. The van der Waals surface area contributed by atoms with Gasteiger partial charge in [0.2, 0.25) is 6.10 Å². The van der Waals surface area contributed by atoms with Crippen molar-refractivity contribution >= 4 is 5.97 Å². The SMILES string of the molecule is NCc1cccc(-c2cccc(Oc3nc(OC(C(=O)O)c4cccc(C(F)(F)F)c4)c(F)cc3F)c2)c1. The second-order valence-electron chi connectivity index (χ2n) is 8.06. The summed E-state index contributed by atoms with van der Waals surface area (Å²) in [5.41, 5.74) is 6.53. The molecule has 0 saturated heterocycles. The average molecular weight is 530 g/mol. The number of halogens is 5. The second kappa shape index (κ2) is 10.9. The van der Waals surface area contributed by atoms with Crippen LogP contribution in [0.2, 0.25) is 0 Å². The maximum atomic E-state index is 14.5. The first-order chi connectivity index (χ1) is 18.0. The van der Waals surface area contributed by atoms with Gasteiger partial charge in [0.05, 0.1) is 5.56 Å². The fraction of sp³-hybridized carbons (Fsp3) is 0.111. The van der Waals surface area contributed by atoms with E-state index in [-0.39, 0.29) is 5.75 Å². The molecule has 196 valence electrons. The van der Waals surface area contributed by atoms with Gasteiger partial charge in [-0.2, -0.15) is 18.2 Å². The van der Waals surface area contributed by atoms with Gasteiger partial charge in [0, 0.05) is 18.2 Å². The predicted molar refractivity (Wildman–Crippen MR) is 126 cm³/mol. The van der Waals surface area contributed by atoms with Crippen molar-refractivity contribution in [2.75, 3.05) is 0 Å². The Hall–Kier alpha value is -4.51. The molecule has 38 heavy (non-hydrogen) atoms. The zero-order valence-corrected chi connectivity index (χ0v) is 19.4. The summed E-state index contributed by atoms with van der Waals surface area (Å²) in [7, 11) is 0. The van der Waals surface area contributed by atoms with Gasteiger partial charge in [-0.1, -0.05) is 42.5 Å². The van der Waals surface area contributed by atoms with Crippen molar-refractivity contribution in [1.82, 2.24) is 4.98 Å². The largest absolute Gasteiger partial charge is 0.478 e. The molecule has 3 N–H and O–H groups in total. The van der Waals surface area contributed by atoms with E-state index < -0.39 is 52.8 Å². The molecule has 0 amide bonds. The fourth-order valence-corrected chi connectivity index (χ4v) is 3.57. The topological polar surface area (TPSA) is 94.7 Å². The summed E-state index contributed by atoms with van der Waals surface area (Å²) in [6.45, 7) is 0.329. The number of aromatic nitrogens is 1. The first-order valence-corrected chi connectivity index (χ1v) is 11.0. The van der Waals surface area contributed by atoms with E-state index >= 15 is 0 Å². The fourth-order valence-electron chi connectivity index (χ4n) is 3.57. The number of ether oxygens (including phenoxy) is 2. The van der Waals surface area contributed by atoms with Gasteiger partial charge in [-0.15, -0.1) is 0 Å². The minimum Gasteiger partial charge on any atom is -0.478 e. The van der Waals surface area contributed by atoms with Crippen LogP contribution in [0.1, 0.15) is 22.8 Å². The summed E-state index contributed by atoms with van der Waals surface area (Å²) in [6, 6.07) is 17.6. The Bertz CT molecular complexity index is 1480. The van der Waals surface area contributed by atoms with Crippen molar-refractivity contribution in [2.45, 2.75) is 18.8 Å². The van der Waals surface area contributed by atoms with Crippen LogP contribution in [0, 0.1) is 11.6 Å². The monoisotopic (exact) mass is 530 g/mol.